The molecule has 0 bridgehead atoms. The zero-order chi connectivity index (χ0) is 15.7. The maximum atomic E-state index is 13.1. The molecule has 0 saturated heterocycles. The molecule has 1 aliphatic rings. The van der Waals surface area contributed by atoms with Gasteiger partial charge >= 0.3 is 6.03 Å². The number of thioether (sulfide) groups is 1. The number of nitrogens with zero attached hydrogens (tertiary/aromatic N) is 1. The highest BCUT2D eigenvalue weighted by molar-refractivity contribution is 7.99. The van der Waals surface area contributed by atoms with Crippen LogP contribution in [0, 0.1) is 11.6 Å². The third-order valence-corrected chi connectivity index (χ3v) is 3.88. The average molecular weight is 326 g/mol. The van der Waals surface area contributed by atoms with Crippen LogP contribution < -0.4 is 10.6 Å². The lowest BCUT2D eigenvalue weighted by atomic mass is 10.3. The number of carbonyl (C=O) groups is 2. The van der Waals surface area contributed by atoms with Gasteiger partial charge in [0.15, 0.2) is 16.8 Å². The Hall–Kier alpha value is -2.16. The molecular weight excluding hydrogens is 314 g/mol. The Morgan fingerprint density at radius 1 is 1.32 bits per heavy atom. The Kier molecular flexibility index (Phi) is 3.97. The molecule has 0 radical (unpaired) electrons. The minimum Gasteiger partial charge on any atom is -0.335 e. The standard InChI is InChI=1S/C13H12F2N4O2S/c14-7-3-9-10(4-8(7)15)18-13(17-9)22-5-11(20)19-12(21)16-6-1-2-6/h3-4,6H,1-2,5H2,(H,17,18)(H2,16,19,20,21). The van der Waals surface area contributed by atoms with Crippen molar-refractivity contribution in [2.45, 2.75) is 24.0 Å². The number of hydrogen-bond acceptors (Lipinski definition) is 4. The Bertz CT molecular complexity index is 706. The lowest BCUT2D eigenvalue weighted by molar-refractivity contribution is -0.117. The van der Waals surface area contributed by atoms with Gasteiger partial charge in [0.1, 0.15) is 0 Å². The van der Waals surface area contributed by atoms with Crippen LogP contribution in [-0.4, -0.2) is 33.7 Å². The number of benzene rings is 1. The molecule has 0 atom stereocenters. The number of hydrogen-bond donors (Lipinski definition) is 3. The van der Waals surface area contributed by atoms with E-state index in [2.05, 4.69) is 20.6 Å². The van der Waals surface area contributed by atoms with Crippen LogP contribution in [0.5, 0.6) is 0 Å². The fraction of sp³-hybridized carbons (Fsp3) is 0.308. The second-order valence-electron chi connectivity index (χ2n) is 4.91. The summed E-state index contributed by atoms with van der Waals surface area (Å²) in [6, 6.07) is 1.64. The van der Waals surface area contributed by atoms with Crippen LogP contribution in [0.2, 0.25) is 0 Å². The molecule has 1 aromatic carbocycles. The number of urea groups is 1. The van der Waals surface area contributed by atoms with Crippen molar-refractivity contribution < 1.29 is 18.4 Å². The van der Waals surface area contributed by atoms with E-state index in [0.29, 0.717) is 10.7 Å². The van der Waals surface area contributed by atoms with Crippen LogP contribution in [-0.2, 0) is 4.79 Å². The highest BCUT2D eigenvalue weighted by Gasteiger charge is 2.23. The van der Waals surface area contributed by atoms with Crippen molar-refractivity contribution in [3.8, 4) is 0 Å². The molecule has 22 heavy (non-hydrogen) atoms. The van der Waals surface area contributed by atoms with E-state index in [1.807, 2.05) is 0 Å². The second-order valence-corrected chi connectivity index (χ2v) is 5.87. The monoisotopic (exact) mass is 326 g/mol. The molecular formula is C13H12F2N4O2S. The van der Waals surface area contributed by atoms with Gasteiger partial charge in [-0.1, -0.05) is 11.8 Å². The first kappa shape index (κ1) is 14.8. The molecule has 0 unspecified atom stereocenters. The van der Waals surface area contributed by atoms with E-state index in [1.165, 1.54) is 0 Å². The molecule has 9 heteroatoms. The third-order valence-electron chi connectivity index (χ3n) is 3.01. The SMILES string of the molecule is O=C(CSc1nc2cc(F)c(F)cc2[nH]1)NC(=O)NC1CC1. The summed E-state index contributed by atoms with van der Waals surface area (Å²) in [6.07, 6.45) is 1.87. The lowest BCUT2D eigenvalue weighted by Gasteiger charge is -2.04. The van der Waals surface area contributed by atoms with E-state index < -0.39 is 23.6 Å². The number of H-pyrrole nitrogens is 1. The summed E-state index contributed by atoms with van der Waals surface area (Å²) in [5, 5.41) is 5.18. The number of nitrogens with one attached hydrogen (secondary N) is 3. The molecule has 1 heterocycles. The Morgan fingerprint density at radius 2 is 2.05 bits per heavy atom. The maximum absolute atomic E-state index is 13.1. The van der Waals surface area contributed by atoms with Crippen LogP contribution in [0.15, 0.2) is 17.3 Å². The first-order valence-corrected chi connectivity index (χ1v) is 7.58. The maximum Gasteiger partial charge on any atom is 0.321 e. The fourth-order valence-corrected chi connectivity index (χ4v) is 2.48. The second kappa shape index (κ2) is 5.91. The largest absolute Gasteiger partial charge is 0.335 e. The van der Waals surface area contributed by atoms with Gasteiger partial charge < -0.3 is 10.3 Å². The molecule has 6 nitrogen and oxygen atoms in total. The molecule has 3 amide bonds. The molecule has 1 aliphatic carbocycles. The normalized spacial score (nSPS) is 14.1. The summed E-state index contributed by atoms with van der Waals surface area (Å²) in [5.41, 5.74) is 0.613. The minimum atomic E-state index is -0.981. The number of imide groups is 1. The van der Waals surface area contributed by atoms with Gasteiger partial charge in [0.2, 0.25) is 5.91 Å². The summed E-state index contributed by atoms with van der Waals surface area (Å²) in [7, 11) is 0. The van der Waals surface area contributed by atoms with Gasteiger partial charge in [-0.05, 0) is 12.8 Å². The highest BCUT2D eigenvalue weighted by atomic mass is 32.2. The number of imidazole rings is 1. The third kappa shape index (κ3) is 3.53. The number of carbonyl (C=O) groups excluding carboxylic acids is 2. The molecule has 1 fully saturated rings. The fourth-order valence-electron chi connectivity index (χ4n) is 1.80. The molecule has 1 saturated carbocycles. The molecule has 3 rings (SSSR count). The van der Waals surface area contributed by atoms with Crippen LogP contribution in [0.3, 0.4) is 0 Å². The predicted molar refractivity (Wildman–Crippen MR) is 76.4 cm³/mol. The number of rotatable bonds is 4. The summed E-state index contributed by atoms with van der Waals surface area (Å²) >= 11 is 1.04. The molecule has 1 aromatic heterocycles. The summed E-state index contributed by atoms with van der Waals surface area (Å²) < 4.78 is 26.2. The molecule has 0 aliphatic heterocycles. The van der Waals surface area contributed by atoms with Gasteiger partial charge in [0, 0.05) is 18.2 Å². The first-order valence-electron chi connectivity index (χ1n) is 6.59. The molecule has 2 aromatic rings. The van der Waals surface area contributed by atoms with Crippen molar-refractivity contribution in [1.29, 1.82) is 0 Å². The summed E-state index contributed by atoms with van der Waals surface area (Å²) in [6.45, 7) is 0. The topological polar surface area (TPSA) is 86.9 Å². The van der Waals surface area contributed by atoms with E-state index in [4.69, 9.17) is 0 Å². The minimum absolute atomic E-state index is 0.0388. The summed E-state index contributed by atoms with van der Waals surface area (Å²) in [5.74, 6) is -2.46. The van der Waals surface area contributed by atoms with Gasteiger partial charge in [-0.3, -0.25) is 10.1 Å². The van der Waals surface area contributed by atoms with Gasteiger partial charge in [-0.2, -0.15) is 0 Å². The van der Waals surface area contributed by atoms with E-state index in [9.17, 15) is 18.4 Å². The Morgan fingerprint density at radius 3 is 2.77 bits per heavy atom. The molecule has 116 valence electrons. The van der Waals surface area contributed by atoms with Crippen molar-refractivity contribution in [3.05, 3.63) is 23.8 Å². The van der Waals surface area contributed by atoms with Crippen LogP contribution in [0.25, 0.3) is 11.0 Å². The van der Waals surface area contributed by atoms with Crippen molar-refractivity contribution >= 4 is 34.7 Å². The van der Waals surface area contributed by atoms with Crippen LogP contribution >= 0.6 is 11.8 Å². The quantitative estimate of drug-likeness (QED) is 0.749. The van der Waals surface area contributed by atoms with Gasteiger partial charge in [0.05, 0.1) is 16.8 Å². The van der Waals surface area contributed by atoms with Crippen LogP contribution in [0.4, 0.5) is 13.6 Å². The van der Waals surface area contributed by atoms with Crippen molar-refractivity contribution in [3.63, 3.8) is 0 Å². The predicted octanol–water partition coefficient (Wildman–Crippen LogP) is 1.92. The highest BCUT2D eigenvalue weighted by Crippen LogP contribution is 2.21. The number of halogens is 2. The lowest BCUT2D eigenvalue weighted by Crippen LogP contribution is -2.41. The molecule has 0 spiro atoms. The first-order chi connectivity index (χ1) is 10.5. The number of aromatic amines is 1. The Balaban J connectivity index is 1.56. The van der Waals surface area contributed by atoms with Crippen LogP contribution in [0.1, 0.15) is 12.8 Å². The number of aromatic nitrogens is 2. The van der Waals surface area contributed by atoms with Gasteiger partial charge in [0.25, 0.3) is 0 Å². The van der Waals surface area contributed by atoms with Gasteiger partial charge in [-0.25, -0.2) is 18.6 Å². The van der Waals surface area contributed by atoms with Crippen molar-refractivity contribution in [1.82, 2.24) is 20.6 Å². The smallest absolute Gasteiger partial charge is 0.321 e. The summed E-state index contributed by atoms with van der Waals surface area (Å²) in [4.78, 5) is 29.8. The van der Waals surface area contributed by atoms with E-state index in [0.717, 1.165) is 36.7 Å². The average Bonchev–Trinajstić information content (AvgIpc) is 3.16. The molecule has 3 N–H and O–H groups in total. The van der Waals surface area contributed by atoms with Crippen molar-refractivity contribution in [2.75, 3.05) is 5.75 Å². The number of amides is 3. The zero-order valence-corrected chi connectivity index (χ0v) is 12.1. The van der Waals surface area contributed by atoms with Crippen molar-refractivity contribution in [2.24, 2.45) is 0 Å². The van der Waals surface area contributed by atoms with E-state index in [1.54, 1.807) is 0 Å². The Labute approximate surface area is 128 Å². The number of fused-ring (bicyclic) bond motifs is 1. The van der Waals surface area contributed by atoms with E-state index in [-0.39, 0.29) is 17.3 Å². The zero-order valence-electron chi connectivity index (χ0n) is 11.3. The van der Waals surface area contributed by atoms with E-state index >= 15 is 0 Å². The van der Waals surface area contributed by atoms with Gasteiger partial charge in [-0.15, -0.1) is 0 Å².